The molecule has 2 rings (SSSR count). The van der Waals surface area contributed by atoms with Crippen LogP contribution in [0, 0.1) is 0 Å². The van der Waals surface area contributed by atoms with Crippen molar-refractivity contribution in [2.45, 2.75) is 19.9 Å². The Morgan fingerprint density at radius 2 is 2.00 bits per heavy atom. The molecule has 0 saturated heterocycles. The maximum Gasteiger partial charge on any atom is 0.238 e. The molecule has 1 aromatic carbocycles. The van der Waals surface area contributed by atoms with E-state index in [0.29, 0.717) is 6.04 Å². The number of hydrogen-bond donors (Lipinski definition) is 1. The van der Waals surface area contributed by atoms with Crippen molar-refractivity contribution in [3.8, 4) is 0 Å². The van der Waals surface area contributed by atoms with E-state index in [1.807, 2.05) is 6.20 Å². The SMILES string of the molecule is CC(C)[n+]1[nH]cc2ccccc21. The van der Waals surface area contributed by atoms with Crippen molar-refractivity contribution in [3.63, 3.8) is 0 Å². The fourth-order valence-electron chi connectivity index (χ4n) is 1.46. The summed E-state index contributed by atoms with van der Waals surface area (Å²) in [5.74, 6) is 0. The van der Waals surface area contributed by atoms with Gasteiger partial charge in [0.25, 0.3) is 0 Å². The summed E-state index contributed by atoms with van der Waals surface area (Å²) in [5, 5.41) is 4.50. The first-order valence-electron chi connectivity index (χ1n) is 4.26. The number of fused-ring (bicyclic) bond motifs is 1. The molecule has 0 saturated carbocycles. The zero-order valence-corrected chi connectivity index (χ0v) is 7.41. The molecular formula is C10H13N2+. The number of benzene rings is 1. The van der Waals surface area contributed by atoms with Gasteiger partial charge in [0.15, 0.2) is 6.04 Å². The lowest BCUT2D eigenvalue weighted by Gasteiger charge is -1.94. The van der Waals surface area contributed by atoms with Crippen molar-refractivity contribution >= 4 is 10.9 Å². The Hall–Kier alpha value is -1.31. The third kappa shape index (κ3) is 0.998. The van der Waals surface area contributed by atoms with Gasteiger partial charge in [0, 0.05) is 6.07 Å². The lowest BCUT2D eigenvalue weighted by molar-refractivity contribution is -0.745. The van der Waals surface area contributed by atoms with Crippen LogP contribution < -0.4 is 4.68 Å². The first-order chi connectivity index (χ1) is 5.79. The average Bonchev–Trinajstić information content (AvgIpc) is 2.47. The Bertz CT molecular complexity index is 387. The molecule has 1 N–H and O–H groups in total. The topological polar surface area (TPSA) is 19.7 Å². The van der Waals surface area contributed by atoms with E-state index in [0.717, 1.165) is 0 Å². The van der Waals surface area contributed by atoms with Crippen LogP contribution >= 0.6 is 0 Å². The lowest BCUT2D eigenvalue weighted by atomic mass is 10.2. The van der Waals surface area contributed by atoms with Gasteiger partial charge in [-0.05, 0) is 19.9 Å². The predicted molar refractivity (Wildman–Crippen MR) is 48.9 cm³/mol. The summed E-state index contributed by atoms with van der Waals surface area (Å²) in [5.41, 5.74) is 1.27. The van der Waals surface area contributed by atoms with Gasteiger partial charge in [-0.25, -0.2) is 0 Å². The zero-order chi connectivity index (χ0) is 8.55. The average molecular weight is 161 g/mol. The molecule has 0 fully saturated rings. The van der Waals surface area contributed by atoms with E-state index in [4.69, 9.17) is 0 Å². The molecule has 0 spiro atoms. The number of aromatic amines is 1. The van der Waals surface area contributed by atoms with Gasteiger partial charge in [0.2, 0.25) is 5.52 Å². The molecule has 2 heteroatoms. The highest BCUT2D eigenvalue weighted by Gasteiger charge is 2.12. The lowest BCUT2D eigenvalue weighted by Crippen LogP contribution is -2.37. The number of aromatic nitrogens is 2. The molecule has 0 amide bonds. The summed E-state index contributed by atoms with van der Waals surface area (Å²) in [6.07, 6.45) is 2.04. The molecule has 2 aromatic rings. The molecule has 2 nitrogen and oxygen atoms in total. The Morgan fingerprint density at radius 3 is 2.75 bits per heavy atom. The monoisotopic (exact) mass is 161 g/mol. The molecule has 0 bridgehead atoms. The van der Waals surface area contributed by atoms with Crippen molar-refractivity contribution in [2.75, 3.05) is 0 Å². The molecule has 1 aromatic heterocycles. The maximum absolute atomic E-state index is 3.23. The third-order valence-electron chi connectivity index (χ3n) is 2.07. The molecule has 1 heterocycles. The van der Waals surface area contributed by atoms with Crippen LogP contribution in [0.3, 0.4) is 0 Å². The minimum Gasteiger partial charge on any atom is -0.172 e. The molecule has 12 heavy (non-hydrogen) atoms. The smallest absolute Gasteiger partial charge is 0.172 e. The fourth-order valence-corrected chi connectivity index (χ4v) is 1.46. The van der Waals surface area contributed by atoms with Crippen LogP contribution in [0.5, 0.6) is 0 Å². The van der Waals surface area contributed by atoms with Crippen LogP contribution in [0.15, 0.2) is 30.5 Å². The van der Waals surface area contributed by atoms with Crippen molar-refractivity contribution in [3.05, 3.63) is 30.5 Å². The summed E-state index contributed by atoms with van der Waals surface area (Å²) >= 11 is 0. The van der Waals surface area contributed by atoms with Crippen LogP contribution in [0.25, 0.3) is 10.9 Å². The van der Waals surface area contributed by atoms with Crippen LogP contribution in [0.4, 0.5) is 0 Å². The normalized spacial score (nSPS) is 11.2. The Balaban J connectivity index is 2.70. The second kappa shape index (κ2) is 2.63. The van der Waals surface area contributed by atoms with Crippen molar-refractivity contribution < 1.29 is 4.68 Å². The standard InChI is InChI=1S/C10H12N2/c1-8(2)12-10-6-4-3-5-9(10)7-11-12/h3-8H,1-2H3/p+1. The first-order valence-corrected chi connectivity index (χ1v) is 4.26. The highest BCUT2D eigenvalue weighted by Crippen LogP contribution is 2.08. The van der Waals surface area contributed by atoms with Crippen LogP contribution in [0.2, 0.25) is 0 Å². The third-order valence-corrected chi connectivity index (χ3v) is 2.07. The molecule has 0 aliphatic carbocycles. The van der Waals surface area contributed by atoms with Gasteiger partial charge < -0.3 is 0 Å². The van der Waals surface area contributed by atoms with Gasteiger partial charge in [-0.1, -0.05) is 12.1 Å². The number of nitrogens with zero attached hydrogens (tertiary/aromatic N) is 1. The molecule has 0 aliphatic rings. The van der Waals surface area contributed by atoms with Gasteiger partial charge in [0.05, 0.1) is 11.6 Å². The Labute approximate surface area is 71.8 Å². The highest BCUT2D eigenvalue weighted by atomic mass is 15.3. The van der Waals surface area contributed by atoms with Crippen molar-refractivity contribution in [1.29, 1.82) is 0 Å². The van der Waals surface area contributed by atoms with E-state index in [1.165, 1.54) is 10.9 Å². The van der Waals surface area contributed by atoms with E-state index < -0.39 is 0 Å². The van der Waals surface area contributed by atoms with Gasteiger partial charge in [-0.15, -0.1) is 4.68 Å². The Kier molecular flexibility index (Phi) is 1.61. The number of para-hydroxylation sites is 1. The number of nitrogens with one attached hydrogen (secondary N) is 1. The van der Waals surface area contributed by atoms with Gasteiger partial charge in [0.1, 0.15) is 0 Å². The summed E-state index contributed by atoms with van der Waals surface area (Å²) in [7, 11) is 0. The van der Waals surface area contributed by atoms with E-state index in [1.54, 1.807) is 0 Å². The maximum atomic E-state index is 3.23. The van der Waals surface area contributed by atoms with Gasteiger partial charge in [-0.3, -0.25) is 0 Å². The fraction of sp³-hybridized carbons (Fsp3) is 0.300. The van der Waals surface area contributed by atoms with Crippen molar-refractivity contribution in [2.24, 2.45) is 0 Å². The molecule has 0 radical (unpaired) electrons. The number of H-pyrrole nitrogens is 1. The van der Waals surface area contributed by atoms with Crippen LogP contribution in [-0.4, -0.2) is 5.10 Å². The molecular weight excluding hydrogens is 148 g/mol. The summed E-state index contributed by atoms with van der Waals surface area (Å²) in [6.45, 7) is 4.34. The predicted octanol–water partition coefficient (Wildman–Crippen LogP) is 2.04. The molecule has 0 unspecified atom stereocenters. The Morgan fingerprint density at radius 1 is 1.25 bits per heavy atom. The van der Waals surface area contributed by atoms with E-state index in [2.05, 4.69) is 47.9 Å². The molecule has 0 atom stereocenters. The van der Waals surface area contributed by atoms with E-state index >= 15 is 0 Å². The number of hydrogen-bond acceptors (Lipinski definition) is 0. The first kappa shape index (κ1) is 7.35. The largest absolute Gasteiger partial charge is 0.238 e. The highest BCUT2D eigenvalue weighted by molar-refractivity contribution is 5.74. The summed E-state index contributed by atoms with van der Waals surface area (Å²) < 4.78 is 2.16. The second-order valence-corrected chi connectivity index (χ2v) is 3.30. The van der Waals surface area contributed by atoms with E-state index in [9.17, 15) is 0 Å². The van der Waals surface area contributed by atoms with Gasteiger partial charge in [-0.2, -0.15) is 5.10 Å². The van der Waals surface area contributed by atoms with Gasteiger partial charge >= 0.3 is 0 Å². The van der Waals surface area contributed by atoms with Crippen LogP contribution in [0.1, 0.15) is 19.9 Å². The minimum absolute atomic E-state index is 0.491. The minimum atomic E-state index is 0.491. The van der Waals surface area contributed by atoms with Crippen LogP contribution in [-0.2, 0) is 0 Å². The quantitative estimate of drug-likeness (QED) is 0.617. The van der Waals surface area contributed by atoms with Crippen molar-refractivity contribution in [1.82, 2.24) is 5.10 Å². The zero-order valence-electron chi connectivity index (χ0n) is 7.41. The number of rotatable bonds is 1. The molecule has 62 valence electrons. The summed E-state index contributed by atoms with van der Waals surface area (Å²) in [4.78, 5) is 0. The molecule has 0 aliphatic heterocycles. The van der Waals surface area contributed by atoms with E-state index in [-0.39, 0.29) is 0 Å². The second-order valence-electron chi connectivity index (χ2n) is 3.30. The summed E-state index contributed by atoms with van der Waals surface area (Å²) in [6, 6.07) is 8.86.